The molecule has 2 aromatic rings. The van der Waals surface area contributed by atoms with E-state index in [2.05, 4.69) is 31.9 Å². The van der Waals surface area contributed by atoms with Crippen LogP contribution in [0.15, 0.2) is 37.8 Å². The average Bonchev–Trinajstić information content (AvgIpc) is 2.36. The van der Waals surface area contributed by atoms with Gasteiger partial charge in [0.1, 0.15) is 5.58 Å². The van der Waals surface area contributed by atoms with Gasteiger partial charge in [-0.2, -0.15) is 0 Å². The molecule has 0 N–H and O–H groups in total. The van der Waals surface area contributed by atoms with Gasteiger partial charge in [0.2, 0.25) is 0 Å². The minimum atomic E-state index is 0.903. The summed E-state index contributed by atoms with van der Waals surface area (Å²) in [5.74, 6) is 0. The molecule has 1 aromatic carbocycles. The van der Waals surface area contributed by atoms with E-state index in [9.17, 15) is 0 Å². The Morgan fingerprint density at radius 2 is 1.82 bits per heavy atom. The van der Waals surface area contributed by atoms with Crippen LogP contribution in [0, 0.1) is 0 Å². The van der Waals surface area contributed by atoms with E-state index in [4.69, 9.17) is 4.42 Å². The zero-order valence-corrected chi connectivity index (χ0v) is 8.65. The van der Waals surface area contributed by atoms with Crippen molar-refractivity contribution in [2.45, 2.75) is 0 Å². The second-order valence-electron chi connectivity index (χ2n) is 2.22. The summed E-state index contributed by atoms with van der Waals surface area (Å²) in [7, 11) is 0. The fourth-order valence-corrected chi connectivity index (χ4v) is 1.64. The third-order valence-electron chi connectivity index (χ3n) is 1.50. The van der Waals surface area contributed by atoms with E-state index in [0.717, 1.165) is 19.9 Å². The summed E-state index contributed by atoms with van der Waals surface area (Å²) in [5.41, 5.74) is 0.903. The zero-order chi connectivity index (χ0) is 7.84. The van der Waals surface area contributed by atoms with Crippen LogP contribution in [0.4, 0.5) is 0 Å². The van der Waals surface area contributed by atoms with Gasteiger partial charge in [0.25, 0.3) is 0 Å². The Kier molecular flexibility index (Phi) is 1.77. The Balaban J connectivity index is 2.86. The Bertz CT molecular complexity index is 356. The fourth-order valence-electron chi connectivity index (χ4n) is 0.957. The van der Waals surface area contributed by atoms with Crippen LogP contribution in [-0.2, 0) is 0 Å². The molecule has 1 nitrogen and oxygen atoms in total. The Labute approximate surface area is 80.6 Å². The van der Waals surface area contributed by atoms with Crippen LogP contribution >= 0.6 is 31.9 Å². The molecule has 0 aliphatic rings. The molecule has 1 heterocycles. The van der Waals surface area contributed by atoms with Crippen molar-refractivity contribution in [2.24, 2.45) is 0 Å². The summed E-state index contributed by atoms with van der Waals surface area (Å²) in [6.45, 7) is 0. The lowest BCUT2D eigenvalue weighted by molar-refractivity contribution is 0.615. The monoisotopic (exact) mass is 274 g/mol. The quantitative estimate of drug-likeness (QED) is 0.709. The van der Waals surface area contributed by atoms with E-state index in [1.54, 1.807) is 6.26 Å². The van der Waals surface area contributed by atoms with Crippen molar-refractivity contribution in [3.05, 3.63) is 33.4 Å². The average molecular weight is 276 g/mol. The minimum Gasteiger partial charge on any atom is -0.464 e. The van der Waals surface area contributed by atoms with E-state index in [0.29, 0.717) is 0 Å². The molecule has 0 unspecified atom stereocenters. The van der Waals surface area contributed by atoms with Crippen LogP contribution in [0.3, 0.4) is 0 Å². The number of hydrogen-bond acceptors (Lipinski definition) is 1. The van der Waals surface area contributed by atoms with Crippen LogP contribution in [-0.4, -0.2) is 0 Å². The maximum Gasteiger partial charge on any atom is 0.135 e. The van der Waals surface area contributed by atoms with E-state index in [1.165, 1.54) is 0 Å². The number of fused-ring (bicyclic) bond motifs is 1. The first-order valence-corrected chi connectivity index (χ1v) is 4.68. The molecule has 0 atom stereocenters. The highest BCUT2D eigenvalue weighted by Crippen LogP contribution is 2.28. The summed E-state index contributed by atoms with van der Waals surface area (Å²) in [5, 5.41) is 1.11. The first-order valence-electron chi connectivity index (χ1n) is 3.09. The van der Waals surface area contributed by atoms with Crippen molar-refractivity contribution >= 4 is 42.8 Å². The molecular weight excluding hydrogens is 272 g/mol. The standard InChI is InChI=1S/C8H4Br2O/c9-6-3-5-1-2-11-8(5)4-7(6)10/h1-4H. The summed E-state index contributed by atoms with van der Waals surface area (Å²) < 4.78 is 7.26. The smallest absolute Gasteiger partial charge is 0.135 e. The first kappa shape index (κ1) is 7.37. The fraction of sp³-hybridized carbons (Fsp3) is 0. The zero-order valence-electron chi connectivity index (χ0n) is 5.47. The Hall–Kier alpha value is -0.280. The molecule has 11 heavy (non-hydrogen) atoms. The van der Waals surface area contributed by atoms with Crippen LogP contribution in [0.1, 0.15) is 0 Å². The van der Waals surface area contributed by atoms with Crippen LogP contribution in [0.25, 0.3) is 11.0 Å². The van der Waals surface area contributed by atoms with Gasteiger partial charge in [0, 0.05) is 14.3 Å². The van der Waals surface area contributed by atoms with Gasteiger partial charge < -0.3 is 4.42 Å². The summed E-state index contributed by atoms with van der Waals surface area (Å²) in [4.78, 5) is 0. The van der Waals surface area contributed by atoms with Gasteiger partial charge in [-0.25, -0.2) is 0 Å². The SMILES string of the molecule is Brc1cc2ccoc2cc1Br. The summed E-state index contributed by atoms with van der Waals surface area (Å²) in [6.07, 6.45) is 1.68. The lowest BCUT2D eigenvalue weighted by Crippen LogP contribution is -1.68. The molecular formula is C8H4Br2O. The number of rotatable bonds is 0. The summed E-state index contributed by atoms with van der Waals surface area (Å²) in [6, 6.07) is 5.90. The second-order valence-corrected chi connectivity index (χ2v) is 3.93. The molecule has 3 heteroatoms. The highest BCUT2D eigenvalue weighted by molar-refractivity contribution is 9.13. The van der Waals surface area contributed by atoms with E-state index in [-0.39, 0.29) is 0 Å². The van der Waals surface area contributed by atoms with Crippen molar-refractivity contribution in [3.63, 3.8) is 0 Å². The van der Waals surface area contributed by atoms with E-state index in [1.807, 2.05) is 18.2 Å². The van der Waals surface area contributed by atoms with Gasteiger partial charge in [-0.3, -0.25) is 0 Å². The molecule has 0 bridgehead atoms. The number of halogens is 2. The Morgan fingerprint density at radius 3 is 2.64 bits per heavy atom. The predicted octanol–water partition coefficient (Wildman–Crippen LogP) is 3.96. The largest absolute Gasteiger partial charge is 0.464 e. The van der Waals surface area contributed by atoms with Crippen molar-refractivity contribution in [1.82, 2.24) is 0 Å². The maximum absolute atomic E-state index is 5.20. The normalized spacial score (nSPS) is 10.7. The number of benzene rings is 1. The van der Waals surface area contributed by atoms with Crippen LogP contribution in [0.5, 0.6) is 0 Å². The predicted molar refractivity (Wildman–Crippen MR) is 51.6 cm³/mol. The third kappa shape index (κ3) is 1.23. The third-order valence-corrected chi connectivity index (χ3v) is 3.34. The second kappa shape index (κ2) is 2.64. The highest BCUT2D eigenvalue weighted by atomic mass is 79.9. The van der Waals surface area contributed by atoms with Gasteiger partial charge in [-0.15, -0.1) is 0 Å². The van der Waals surface area contributed by atoms with Crippen molar-refractivity contribution in [1.29, 1.82) is 0 Å². The molecule has 0 saturated heterocycles. The molecule has 0 fully saturated rings. The topological polar surface area (TPSA) is 13.1 Å². The molecule has 0 amide bonds. The van der Waals surface area contributed by atoms with E-state index >= 15 is 0 Å². The van der Waals surface area contributed by atoms with Gasteiger partial charge >= 0.3 is 0 Å². The minimum absolute atomic E-state index is 0.903. The molecule has 0 aliphatic heterocycles. The van der Waals surface area contributed by atoms with Crippen LogP contribution < -0.4 is 0 Å². The lowest BCUT2D eigenvalue weighted by atomic mass is 10.3. The van der Waals surface area contributed by atoms with Gasteiger partial charge in [-0.05, 0) is 50.1 Å². The molecule has 0 aliphatic carbocycles. The van der Waals surface area contributed by atoms with Crippen molar-refractivity contribution < 1.29 is 4.42 Å². The number of furan rings is 1. The highest BCUT2D eigenvalue weighted by Gasteiger charge is 2.00. The molecule has 0 radical (unpaired) electrons. The molecule has 0 spiro atoms. The maximum atomic E-state index is 5.20. The summed E-state index contributed by atoms with van der Waals surface area (Å²) >= 11 is 6.81. The molecule has 2 rings (SSSR count). The number of hydrogen-bond donors (Lipinski definition) is 0. The molecule has 56 valence electrons. The lowest BCUT2D eigenvalue weighted by Gasteiger charge is -1.93. The van der Waals surface area contributed by atoms with Crippen molar-refractivity contribution in [2.75, 3.05) is 0 Å². The Morgan fingerprint density at radius 1 is 1.09 bits per heavy atom. The molecule has 1 aromatic heterocycles. The molecule has 0 saturated carbocycles. The van der Waals surface area contributed by atoms with Gasteiger partial charge in [0.15, 0.2) is 0 Å². The van der Waals surface area contributed by atoms with Crippen molar-refractivity contribution in [3.8, 4) is 0 Å². The first-order chi connectivity index (χ1) is 5.27. The van der Waals surface area contributed by atoms with Gasteiger partial charge in [0.05, 0.1) is 6.26 Å². The van der Waals surface area contributed by atoms with E-state index < -0.39 is 0 Å². The van der Waals surface area contributed by atoms with Gasteiger partial charge in [-0.1, -0.05) is 0 Å². The van der Waals surface area contributed by atoms with Crippen LogP contribution in [0.2, 0.25) is 0 Å².